The summed E-state index contributed by atoms with van der Waals surface area (Å²) < 4.78 is 10.1. The molecule has 6 atom stereocenters. The highest BCUT2D eigenvalue weighted by Crippen LogP contribution is 2.67. The van der Waals surface area contributed by atoms with Crippen LogP contribution >= 0.6 is 11.8 Å². The number of fused-ring (bicyclic) bond motifs is 1. The number of anilines is 1. The zero-order chi connectivity index (χ0) is 29.9. The number of aliphatic hydroxyl groups excluding tert-OH is 1. The molecule has 2 unspecified atom stereocenters. The number of aliphatic hydroxyl groups is 1. The SMILES string of the molecule is C=CCCOC(=O)[C@@H]1[C@@H]2CCC3(S2)C(C(=O)N(CC=C)c2ccc(OC)cc2)N([C@@H](CO)Cc2ccccc2)C(=O)[C@H]13. The van der Waals surface area contributed by atoms with Crippen LogP contribution in [0.2, 0.25) is 0 Å². The summed E-state index contributed by atoms with van der Waals surface area (Å²) in [6.07, 6.45) is 5.57. The van der Waals surface area contributed by atoms with E-state index in [0.717, 1.165) is 5.56 Å². The van der Waals surface area contributed by atoms with E-state index in [1.807, 2.05) is 42.5 Å². The Kier molecular flexibility index (Phi) is 9.08. The Labute approximate surface area is 251 Å². The summed E-state index contributed by atoms with van der Waals surface area (Å²) in [5.74, 6) is -1.62. The van der Waals surface area contributed by atoms with Crippen molar-refractivity contribution in [2.45, 2.75) is 47.8 Å². The molecule has 0 saturated carbocycles. The number of carbonyl (C=O) groups is 3. The molecular weight excluding hydrogens is 552 g/mol. The predicted octanol–water partition coefficient (Wildman–Crippen LogP) is 4.03. The summed E-state index contributed by atoms with van der Waals surface area (Å²) in [4.78, 5) is 45.9. The number of ether oxygens (including phenoxy) is 2. The standard InChI is InChI=1S/C33H38N2O6S/c1-4-6-19-41-32(39)27-26-16-17-33(42-26)28(27)30(37)35(24(21-36)20-22-10-8-7-9-11-22)29(33)31(38)34(18-5-2)23-12-14-25(40-3)15-13-23/h4-5,7-15,24,26-29,36H,1-2,6,16-21H2,3H3/t24-,26+,27-,28+,29?,33?/m1/s1. The average Bonchev–Trinajstić information content (AvgIpc) is 3.66. The van der Waals surface area contributed by atoms with Crippen LogP contribution in [0.25, 0.3) is 0 Å². The summed E-state index contributed by atoms with van der Waals surface area (Å²) in [7, 11) is 1.58. The molecule has 3 fully saturated rings. The van der Waals surface area contributed by atoms with Crippen LogP contribution < -0.4 is 9.64 Å². The van der Waals surface area contributed by atoms with Crippen molar-refractivity contribution in [2.75, 3.05) is 31.8 Å². The maximum Gasteiger partial charge on any atom is 0.310 e. The van der Waals surface area contributed by atoms with E-state index in [9.17, 15) is 19.5 Å². The fourth-order valence-electron chi connectivity index (χ4n) is 6.87. The number of rotatable bonds is 13. The molecule has 3 aliphatic heterocycles. The van der Waals surface area contributed by atoms with Gasteiger partial charge in [0.1, 0.15) is 11.8 Å². The number of benzene rings is 2. The molecular formula is C33H38N2O6S. The number of carbonyl (C=O) groups excluding carboxylic acids is 3. The number of hydrogen-bond acceptors (Lipinski definition) is 7. The van der Waals surface area contributed by atoms with Gasteiger partial charge in [-0.25, -0.2) is 0 Å². The fourth-order valence-corrected chi connectivity index (χ4v) is 9.06. The molecule has 1 N–H and O–H groups in total. The molecule has 0 aliphatic carbocycles. The number of esters is 1. The number of methoxy groups -OCH3 is 1. The van der Waals surface area contributed by atoms with Crippen molar-refractivity contribution in [3.8, 4) is 5.75 Å². The molecule has 5 rings (SSSR count). The van der Waals surface area contributed by atoms with Gasteiger partial charge in [-0.3, -0.25) is 14.4 Å². The first kappa shape index (κ1) is 29.9. The molecule has 1 spiro atoms. The van der Waals surface area contributed by atoms with Gasteiger partial charge >= 0.3 is 5.97 Å². The second kappa shape index (κ2) is 12.8. The third kappa shape index (κ3) is 5.24. The van der Waals surface area contributed by atoms with Gasteiger partial charge in [-0.2, -0.15) is 0 Å². The topological polar surface area (TPSA) is 96.4 Å². The molecule has 0 radical (unpaired) electrons. The monoisotopic (exact) mass is 590 g/mol. The van der Waals surface area contributed by atoms with E-state index in [-0.39, 0.29) is 36.8 Å². The minimum atomic E-state index is -0.876. The Morgan fingerprint density at radius 1 is 1.17 bits per heavy atom. The minimum absolute atomic E-state index is 0.108. The van der Waals surface area contributed by atoms with E-state index >= 15 is 0 Å². The maximum atomic E-state index is 14.8. The van der Waals surface area contributed by atoms with E-state index in [0.29, 0.717) is 37.1 Å². The quantitative estimate of drug-likeness (QED) is 0.214. The van der Waals surface area contributed by atoms with Gasteiger partial charge in [0.2, 0.25) is 5.91 Å². The normalized spacial score (nSPS) is 26.4. The van der Waals surface area contributed by atoms with E-state index in [1.165, 1.54) is 0 Å². The van der Waals surface area contributed by atoms with Gasteiger partial charge in [0, 0.05) is 17.5 Å². The zero-order valence-corrected chi connectivity index (χ0v) is 24.7. The fraction of sp³-hybridized carbons (Fsp3) is 0.424. The molecule has 0 aromatic heterocycles. The maximum absolute atomic E-state index is 14.8. The Hall–Kier alpha value is -3.56. The highest BCUT2D eigenvalue weighted by Gasteiger charge is 2.74. The Morgan fingerprint density at radius 2 is 1.90 bits per heavy atom. The van der Waals surface area contributed by atoms with Crippen molar-refractivity contribution in [3.63, 3.8) is 0 Å². The number of nitrogens with zero attached hydrogens (tertiary/aromatic N) is 2. The van der Waals surface area contributed by atoms with Gasteiger partial charge in [-0.1, -0.05) is 42.5 Å². The lowest BCUT2D eigenvalue weighted by molar-refractivity contribution is -0.154. The number of amides is 2. The Balaban J connectivity index is 1.57. The van der Waals surface area contributed by atoms with E-state index in [1.54, 1.807) is 53.0 Å². The van der Waals surface area contributed by atoms with Crippen LogP contribution in [0.5, 0.6) is 5.75 Å². The third-order valence-corrected chi connectivity index (χ3v) is 10.6. The van der Waals surface area contributed by atoms with E-state index in [4.69, 9.17) is 9.47 Å². The molecule has 3 aliphatic rings. The molecule has 2 amide bonds. The van der Waals surface area contributed by atoms with Crippen LogP contribution in [0.1, 0.15) is 24.8 Å². The van der Waals surface area contributed by atoms with Crippen LogP contribution in [0.3, 0.4) is 0 Å². The number of hydrogen-bond donors (Lipinski definition) is 1. The van der Waals surface area contributed by atoms with Gasteiger partial charge < -0.3 is 24.4 Å². The number of likely N-dealkylation sites (tertiary alicyclic amines) is 1. The van der Waals surface area contributed by atoms with Crippen molar-refractivity contribution in [2.24, 2.45) is 11.8 Å². The van der Waals surface area contributed by atoms with Crippen LogP contribution in [-0.4, -0.2) is 76.7 Å². The van der Waals surface area contributed by atoms with Crippen molar-refractivity contribution >= 4 is 35.2 Å². The van der Waals surface area contributed by atoms with Crippen LogP contribution in [0.15, 0.2) is 79.9 Å². The molecule has 9 heteroatoms. The lowest BCUT2D eigenvalue weighted by atomic mass is 9.71. The summed E-state index contributed by atoms with van der Waals surface area (Å²) in [5.41, 5.74) is 1.59. The summed E-state index contributed by atoms with van der Waals surface area (Å²) in [6.45, 7) is 7.68. The van der Waals surface area contributed by atoms with Gasteiger partial charge in [-0.05, 0) is 55.5 Å². The van der Waals surface area contributed by atoms with Crippen molar-refractivity contribution in [3.05, 3.63) is 85.5 Å². The van der Waals surface area contributed by atoms with Gasteiger partial charge in [0.15, 0.2) is 0 Å². The molecule has 3 heterocycles. The van der Waals surface area contributed by atoms with Crippen molar-refractivity contribution in [1.29, 1.82) is 0 Å². The Morgan fingerprint density at radius 3 is 2.55 bits per heavy atom. The first-order valence-electron chi connectivity index (χ1n) is 14.4. The number of thioether (sulfide) groups is 1. The second-order valence-electron chi connectivity index (χ2n) is 11.0. The van der Waals surface area contributed by atoms with E-state index < -0.39 is 34.6 Å². The molecule has 2 aromatic carbocycles. The van der Waals surface area contributed by atoms with Gasteiger partial charge in [0.25, 0.3) is 5.91 Å². The lowest BCUT2D eigenvalue weighted by Crippen LogP contribution is -2.58. The summed E-state index contributed by atoms with van der Waals surface area (Å²) >= 11 is 1.58. The van der Waals surface area contributed by atoms with Crippen LogP contribution in [0.4, 0.5) is 5.69 Å². The molecule has 222 valence electrons. The van der Waals surface area contributed by atoms with E-state index in [2.05, 4.69) is 13.2 Å². The van der Waals surface area contributed by atoms with Crippen molar-refractivity contribution < 1.29 is 29.0 Å². The molecule has 2 bridgehead atoms. The molecule has 42 heavy (non-hydrogen) atoms. The highest BCUT2D eigenvalue weighted by molar-refractivity contribution is 8.02. The summed E-state index contributed by atoms with van der Waals surface area (Å²) in [5, 5.41) is 10.6. The average molecular weight is 591 g/mol. The highest BCUT2D eigenvalue weighted by atomic mass is 32.2. The second-order valence-corrected chi connectivity index (χ2v) is 12.6. The summed E-state index contributed by atoms with van der Waals surface area (Å²) in [6, 6.07) is 15.3. The minimum Gasteiger partial charge on any atom is -0.497 e. The van der Waals surface area contributed by atoms with Gasteiger partial charge in [0.05, 0.1) is 42.9 Å². The molecule has 3 saturated heterocycles. The first-order valence-corrected chi connectivity index (χ1v) is 15.3. The molecule has 2 aromatic rings. The third-order valence-electron chi connectivity index (χ3n) is 8.69. The Bertz CT molecular complexity index is 1320. The first-order chi connectivity index (χ1) is 20.4. The lowest BCUT2D eigenvalue weighted by Gasteiger charge is -2.39. The predicted molar refractivity (Wildman–Crippen MR) is 163 cm³/mol. The largest absolute Gasteiger partial charge is 0.497 e. The van der Waals surface area contributed by atoms with Crippen molar-refractivity contribution in [1.82, 2.24) is 4.90 Å². The van der Waals surface area contributed by atoms with Crippen LogP contribution in [0, 0.1) is 11.8 Å². The smallest absolute Gasteiger partial charge is 0.310 e. The molecule has 8 nitrogen and oxygen atoms in total. The zero-order valence-electron chi connectivity index (χ0n) is 23.9. The van der Waals surface area contributed by atoms with Crippen LogP contribution in [-0.2, 0) is 25.5 Å². The van der Waals surface area contributed by atoms with Gasteiger partial charge in [-0.15, -0.1) is 24.9 Å².